The molecule has 3 heteroatoms. The zero-order valence-corrected chi connectivity index (χ0v) is 8.47. The number of pyridine rings is 1. The second-order valence-corrected chi connectivity index (χ2v) is 4.24. The number of thiazole rings is 1. The van der Waals surface area contributed by atoms with Gasteiger partial charge in [-0.2, -0.15) is 0 Å². The SMILES string of the molecule is CC(C)c1csc2cccc(=O)n12. The molecular formula is C10H11NOS. The Kier molecular flexibility index (Phi) is 1.96. The highest BCUT2D eigenvalue weighted by Gasteiger charge is 2.07. The standard InChI is InChI=1S/C10H11NOS/c1-7(2)8-6-13-10-5-3-4-9(12)11(8)10/h3-7H,1-2H3. The van der Waals surface area contributed by atoms with Crippen molar-refractivity contribution in [3.05, 3.63) is 39.6 Å². The zero-order valence-electron chi connectivity index (χ0n) is 7.65. The molecule has 0 saturated heterocycles. The molecule has 0 unspecified atom stereocenters. The largest absolute Gasteiger partial charge is 0.271 e. The smallest absolute Gasteiger partial charge is 0.255 e. The fraction of sp³-hybridized carbons (Fsp3) is 0.300. The summed E-state index contributed by atoms with van der Waals surface area (Å²) in [5, 5.41) is 2.06. The van der Waals surface area contributed by atoms with Crippen molar-refractivity contribution in [2.75, 3.05) is 0 Å². The predicted octanol–water partition coefficient (Wildman–Crippen LogP) is 2.48. The van der Waals surface area contributed by atoms with Crippen LogP contribution in [0, 0.1) is 0 Å². The molecule has 68 valence electrons. The van der Waals surface area contributed by atoms with E-state index in [4.69, 9.17) is 0 Å². The lowest BCUT2D eigenvalue weighted by Gasteiger charge is -2.02. The molecule has 0 saturated carbocycles. The van der Waals surface area contributed by atoms with Crippen LogP contribution in [0.3, 0.4) is 0 Å². The minimum Gasteiger partial charge on any atom is -0.271 e. The van der Waals surface area contributed by atoms with Gasteiger partial charge in [0.2, 0.25) is 0 Å². The van der Waals surface area contributed by atoms with Crippen molar-refractivity contribution in [1.29, 1.82) is 0 Å². The molecule has 0 N–H and O–H groups in total. The zero-order chi connectivity index (χ0) is 9.42. The van der Waals surface area contributed by atoms with Gasteiger partial charge in [0.05, 0.1) is 0 Å². The summed E-state index contributed by atoms with van der Waals surface area (Å²) in [5.41, 5.74) is 1.17. The van der Waals surface area contributed by atoms with Crippen molar-refractivity contribution in [3.8, 4) is 0 Å². The van der Waals surface area contributed by atoms with E-state index in [2.05, 4.69) is 19.2 Å². The van der Waals surface area contributed by atoms with Crippen molar-refractivity contribution in [1.82, 2.24) is 4.40 Å². The topological polar surface area (TPSA) is 21.5 Å². The molecule has 0 amide bonds. The first-order valence-corrected chi connectivity index (χ1v) is 5.17. The van der Waals surface area contributed by atoms with E-state index in [0.717, 1.165) is 10.5 Å². The van der Waals surface area contributed by atoms with E-state index < -0.39 is 0 Å². The van der Waals surface area contributed by atoms with Crippen LogP contribution in [0.4, 0.5) is 0 Å². The van der Waals surface area contributed by atoms with Crippen LogP contribution in [0.2, 0.25) is 0 Å². The van der Waals surface area contributed by atoms with Crippen LogP contribution in [-0.4, -0.2) is 4.40 Å². The van der Waals surface area contributed by atoms with Gasteiger partial charge in [-0.15, -0.1) is 11.3 Å². The van der Waals surface area contributed by atoms with Crippen LogP contribution < -0.4 is 5.56 Å². The van der Waals surface area contributed by atoms with Crippen LogP contribution in [0.15, 0.2) is 28.4 Å². The molecule has 0 aliphatic rings. The molecule has 0 spiro atoms. The van der Waals surface area contributed by atoms with E-state index in [1.54, 1.807) is 27.9 Å². The minimum atomic E-state index is 0.0717. The average Bonchev–Trinajstić information content (AvgIpc) is 2.49. The summed E-state index contributed by atoms with van der Waals surface area (Å²) >= 11 is 1.62. The molecule has 0 atom stereocenters. The van der Waals surface area contributed by atoms with Gasteiger partial charge in [-0.05, 0) is 12.0 Å². The Labute approximate surface area is 80.5 Å². The normalized spacial score (nSPS) is 11.3. The maximum atomic E-state index is 11.5. The van der Waals surface area contributed by atoms with Crippen LogP contribution in [-0.2, 0) is 0 Å². The van der Waals surface area contributed by atoms with Crippen LogP contribution in [0.5, 0.6) is 0 Å². The lowest BCUT2D eigenvalue weighted by molar-refractivity contribution is 0.800. The molecule has 0 fully saturated rings. The maximum absolute atomic E-state index is 11.5. The van der Waals surface area contributed by atoms with E-state index in [9.17, 15) is 4.79 Å². The third kappa shape index (κ3) is 1.29. The number of fused-ring (bicyclic) bond motifs is 1. The molecule has 0 aliphatic heterocycles. The first kappa shape index (κ1) is 8.51. The van der Waals surface area contributed by atoms with Crippen LogP contribution in [0.25, 0.3) is 4.83 Å². The van der Waals surface area contributed by atoms with Gasteiger partial charge in [0.1, 0.15) is 4.83 Å². The molecule has 0 bridgehead atoms. The van der Waals surface area contributed by atoms with Gasteiger partial charge >= 0.3 is 0 Å². The monoisotopic (exact) mass is 193 g/mol. The molecule has 2 heterocycles. The summed E-state index contributed by atoms with van der Waals surface area (Å²) in [6, 6.07) is 5.38. The lowest BCUT2D eigenvalue weighted by atomic mass is 10.1. The summed E-state index contributed by atoms with van der Waals surface area (Å²) in [5.74, 6) is 0.397. The van der Waals surface area contributed by atoms with Crippen molar-refractivity contribution in [2.45, 2.75) is 19.8 Å². The Balaban J connectivity index is 2.87. The second-order valence-electron chi connectivity index (χ2n) is 3.35. The fourth-order valence-corrected chi connectivity index (χ4v) is 2.46. The molecule has 0 aliphatic carbocycles. The van der Waals surface area contributed by atoms with Gasteiger partial charge in [0.25, 0.3) is 5.56 Å². The Bertz CT molecular complexity index is 481. The van der Waals surface area contributed by atoms with Crippen molar-refractivity contribution >= 4 is 16.2 Å². The Morgan fingerprint density at radius 1 is 1.38 bits per heavy atom. The average molecular weight is 193 g/mol. The van der Waals surface area contributed by atoms with E-state index in [-0.39, 0.29) is 5.56 Å². The maximum Gasteiger partial charge on any atom is 0.255 e. The molecular weight excluding hydrogens is 182 g/mol. The molecule has 2 rings (SSSR count). The van der Waals surface area contributed by atoms with Gasteiger partial charge in [-0.3, -0.25) is 9.20 Å². The molecule has 0 aromatic carbocycles. The van der Waals surface area contributed by atoms with Gasteiger partial charge in [-0.25, -0.2) is 0 Å². The molecule has 2 aromatic heterocycles. The van der Waals surface area contributed by atoms with Gasteiger partial charge < -0.3 is 0 Å². The van der Waals surface area contributed by atoms with Gasteiger partial charge in [0, 0.05) is 17.1 Å². The predicted molar refractivity (Wildman–Crippen MR) is 55.6 cm³/mol. The molecule has 2 nitrogen and oxygen atoms in total. The van der Waals surface area contributed by atoms with Crippen LogP contribution >= 0.6 is 11.3 Å². The van der Waals surface area contributed by atoms with E-state index in [1.165, 1.54) is 0 Å². The first-order valence-electron chi connectivity index (χ1n) is 4.29. The van der Waals surface area contributed by atoms with E-state index in [0.29, 0.717) is 5.92 Å². The lowest BCUT2D eigenvalue weighted by Crippen LogP contribution is -2.13. The molecule has 2 aromatic rings. The van der Waals surface area contributed by atoms with Crippen molar-refractivity contribution in [2.24, 2.45) is 0 Å². The third-order valence-corrected chi connectivity index (χ3v) is 2.99. The molecule has 0 radical (unpaired) electrons. The summed E-state index contributed by atoms with van der Waals surface area (Å²) in [4.78, 5) is 12.6. The Morgan fingerprint density at radius 2 is 2.15 bits per heavy atom. The van der Waals surface area contributed by atoms with Crippen molar-refractivity contribution in [3.63, 3.8) is 0 Å². The fourth-order valence-electron chi connectivity index (χ4n) is 1.38. The number of aromatic nitrogens is 1. The molecule has 13 heavy (non-hydrogen) atoms. The van der Waals surface area contributed by atoms with Crippen LogP contribution in [0.1, 0.15) is 25.5 Å². The first-order chi connectivity index (χ1) is 6.20. The highest BCUT2D eigenvalue weighted by atomic mass is 32.1. The summed E-state index contributed by atoms with van der Waals surface area (Å²) in [7, 11) is 0. The number of rotatable bonds is 1. The second kappa shape index (κ2) is 3.00. The summed E-state index contributed by atoms with van der Waals surface area (Å²) in [6.07, 6.45) is 0. The summed E-state index contributed by atoms with van der Waals surface area (Å²) in [6.45, 7) is 4.20. The van der Waals surface area contributed by atoms with E-state index >= 15 is 0 Å². The number of hydrogen-bond donors (Lipinski definition) is 0. The number of nitrogens with zero attached hydrogens (tertiary/aromatic N) is 1. The number of hydrogen-bond acceptors (Lipinski definition) is 2. The highest BCUT2D eigenvalue weighted by Crippen LogP contribution is 2.20. The van der Waals surface area contributed by atoms with E-state index in [1.807, 2.05) is 6.07 Å². The van der Waals surface area contributed by atoms with Gasteiger partial charge in [0.15, 0.2) is 0 Å². The van der Waals surface area contributed by atoms with Crippen molar-refractivity contribution < 1.29 is 0 Å². The third-order valence-electron chi connectivity index (χ3n) is 2.07. The highest BCUT2D eigenvalue weighted by molar-refractivity contribution is 7.15. The Hall–Kier alpha value is -1.09. The minimum absolute atomic E-state index is 0.0717. The quantitative estimate of drug-likeness (QED) is 0.681. The summed E-state index contributed by atoms with van der Waals surface area (Å²) < 4.78 is 1.79. The Morgan fingerprint density at radius 3 is 2.85 bits per heavy atom. The van der Waals surface area contributed by atoms with Gasteiger partial charge in [-0.1, -0.05) is 19.9 Å².